The first-order valence-electron chi connectivity index (χ1n) is 8.92. The fourth-order valence-electron chi connectivity index (χ4n) is 2.87. The number of nitrogens with one attached hydrogen (secondary N) is 1. The summed E-state index contributed by atoms with van der Waals surface area (Å²) in [7, 11) is 0. The summed E-state index contributed by atoms with van der Waals surface area (Å²) in [6.07, 6.45) is 2.48. The molecule has 0 unspecified atom stereocenters. The second kappa shape index (κ2) is 8.80. The van der Waals surface area contributed by atoms with E-state index in [1.807, 2.05) is 36.1 Å². The highest BCUT2D eigenvalue weighted by Crippen LogP contribution is 2.25. The minimum atomic E-state index is -0.243. The molecular weight excluding hydrogens is 350 g/mol. The Kier molecular flexibility index (Phi) is 6.22. The molecule has 3 rings (SSSR count). The maximum Gasteiger partial charge on any atom is 0.270 e. The van der Waals surface area contributed by atoms with Gasteiger partial charge in [-0.05, 0) is 44.0 Å². The molecule has 0 spiro atoms. The van der Waals surface area contributed by atoms with Crippen LogP contribution in [0.2, 0.25) is 0 Å². The van der Waals surface area contributed by atoms with Crippen molar-refractivity contribution in [3.8, 4) is 16.3 Å². The topological polar surface area (TPSA) is 71.5 Å². The zero-order valence-electron chi connectivity index (χ0n) is 14.9. The Morgan fingerprint density at radius 2 is 1.96 bits per heavy atom. The predicted molar refractivity (Wildman–Crippen MR) is 101 cm³/mol. The molecular formula is C19H23N3O3S. The molecule has 0 saturated carbocycles. The van der Waals surface area contributed by atoms with E-state index < -0.39 is 0 Å². The van der Waals surface area contributed by atoms with Crippen molar-refractivity contribution < 1.29 is 14.3 Å². The lowest BCUT2D eigenvalue weighted by molar-refractivity contribution is -0.129. The van der Waals surface area contributed by atoms with Gasteiger partial charge in [0.15, 0.2) is 0 Å². The molecule has 0 radical (unpaired) electrons. The maximum atomic E-state index is 12.2. The van der Waals surface area contributed by atoms with E-state index in [9.17, 15) is 9.59 Å². The molecule has 26 heavy (non-hydrogen) atoms. The van der Waals surface area contributed by atoms with Gasteiger partial charge in [-0.2, -0.15) is 0 Å². The molecule has 1 aromatic carbocycles. The number of likely N-dealkylation sites (tertiary alicyclic amines) is 1. The van der Waals surface area contributed by atoms with Gasteiger partial charge in [0.1, 0.15) is 16.5 Å². The number of carbonyl (C=O) groups excluding carboxylic acids is 2. The van der Waals surface area contributed by atoms with Gasteiger partial charge in [-0.3, -0.25) is 9.59 Å². The van der Waals surface area contributed by atoms with Crippen LogP contribution in [0.25, 0.3) is 10.6 Å². The largest absolute Gasteiger partial charge is 0.494 e. The highest BCUT2D eigenvalue weighted by atomic mass is 32.1. The number of aromatic nitrogens is 1. The fraction of sp³-hybridized carbons (Fsp3) is 0.421. The summed E-state index contributed by atoms with van der Waals surface area (Å²) in [5, 5.41) is 5.30. The van der Waals surface area contributed by atoms with Crippen LogP contribution in [0.4, 0.5) is 0 Å². The molecule has 1 aliphatic rings. The van der Waals surface area contributed by atoms with E-state index in [0.29, 0.717) is 25.3 Å². The Morgan fingerprint density at radius 1 is 1.23 bits per heavy atom. The zero-order chi connectivity index (χ0) is 18.4. The van der Waals surface area contributed by atoms with Crippen molar-refractivity contribution in [2.75, 3.05) is 26.2 Å². The highest BCUT2D eigenvalue weighted by Gasteiger charge is 2.18. The average Bonchev–Trinajstić information content (AvgIpc) is 3.34. The number of benzene rings is 1. The summed E-state index contributed by atoms with van der Waals surface area (Å²) in [4.78, 5) is 30.5. The lowest BCUT2D eigenvalue weighted by Crippen LogP contribution is -2.32. The van der Waals surface area contributed by atoms with Crippen LogP contribution in [-0.4, -0.2) is 47.9 Å². The van der Waals surface area contributed by atoms with E-state index in [4.69, 9.17) is 4.74 Å². The van der Waals surface area contributed by atoms with Crippen LogP contribution >= 0.6 is 11.3 Å². The monoisotopic (exact) mass is 373 g/mol. The standard InChI is InChI=1S/C19H23N3O3S/c1-2-25-15-7-5-14(6-8-15)19-21-16(13-26-19)18(24)20-10-9-17(23)22-11-3-4-12-22/h5-8,13H,2-4,9-12H2,1H3,(H,20,24). The Labute approximate surface area is 157 Å². The average molecular weight is 373 g/mol. The van der Waals surface area contributed by atoms with Gasteiger partial charge in [0.05, 0.1) is 6.61 Å². The lowest BCUT2D eigenvalue weighted by atomic mass is 10.2. The summed E-state index contributed by atoms with van der Waals surface area (Å²) in [6, 6.07) is 7.65. The summed E-state index contributed by atoms with van der Waals surface area (Å²) < 4.78 is 5.43. The molecule has 2 heterocycles. The van der Waals surface area contributed by atoms with Crippen LogP contribution in [-0.2, 0) is 4.79 Å². The second-order valence-electron chi connectivity index (χ2n) is 6.09. The van der Waals surface area contributed by atoms with Crippen LogP contribution in [0, 0.1) is 0 Å². The van der Waals surface area contributed by atoms with Crippen LogP contribution < -0.4 is 10.1 Å². The summed E-state index contributed by atoms with van der Waals surface area (Å²) in [5.74, 6) is 0.678. The molecule has 2 amide bonds. The lowest BCUT2D eigenvalue weighted by Gasteiger charge is -2.14. The molecule has 1 aromatic heterocycles. The van der Waals surface area contributed by atoms with E-state index in [0.717, 1.165) is 42.3 Å². The van der Waals surface area contributed by atoms with Crippen molar-refractivity contribution >= 4 is 23.2 Å². The van der Waals surface area contributed by atoms with E-state index >= 15 is 0 Å². The molecule has 1 aliphatic heterocycles. The molecule has 0 aliphatic carbocycles. The molecule has 1 fully saturated rings. The van der Waals surface area contributed by atoms with E-state index in [-0.39, 0.29) is 11.8 Å². The predicted octanol–water partition coefficient (Wildman–Crippen LogP) is 2.95. The van der Waals surface area contributed by atoms with E-state index in [2.05, 4.69) is 10.3 Å². The number of hydrogen-bond acceptors (Lipinski definition) is 5. The SMILES string of the molecule is CCOc1ccc(-c2nc(C(=O)NCCC(=O)N3CCCC3)cs2)cc1. The third kappa shape index (κ3) is 4.60. The number of ether oxygens (including phenoxy) is 1. The van der Waals surface area contributed by atoms with Gasteiger partial charge in [0, 0.05) is 37.0 Å². The quantitative estimate of drug-likeness (QED) is 0.810. The molecule has 0 atom stereocenters. The smallest absolute Gasteiger partial charge is 0.270 e. The first-order valence-corrected chi connectivity index (χ1v) is 9.80. The van der Waals surface area contributed by atoms with Gasteiger partial charge in [0.2, 0.25) is 5.91 Å². The molecule has 7 heteroatoms. The molecule has 0 bridgehead atoms. The molecule has 2 aromatic rings. The van der Waals surface area contributed by atoms with Gasteiger partial charge < -0.3 is 15.0 Å². The molecule has 138 valence electrons. The van der Waals surface area contributed by atoms with Crippen molar-refractivity contribution in [2.24, 2.45) is 0 Å². The number of thiazole rings is 1. The Morgan fingerprint density at radius 3 is 2.65 bits per heavy atom. The van der Waals surface area contributed by atoms with Gasteiger partial charge in [-0.15, -0.1) is 11.3 Å². The Hall–Kier alpha value is -2.41. The zero-order valence-corrected chi connectivity index (χ0v) is 15.7. The maximum absolute atomic E-state index is 12.2. The van der Waals surface area contributed by atoms with Crippen molar-refractivity contribution in [1.82, 2.24) is 15.2 Å². The van der Waals surface area contributed by atoms with Crippen molar-refractivity contribution in [2.45, 2.75) is 26.2 Å². The summed E-state index contributed by atoms with van der Waals surface area (Å²) >= 11 is 1.42. The van der Waals surface area contributed by atoms with Crippen molar-refractivity contribution in [3.05, 3.63) is 35.3 Å². The first kappa shape index (κ1) is 18.4. The Bertz CT molecular complexity index is 752. The Balaban J connectivity index is 1.51. The minimum Gasteiger partial charge on any atom is -0.494 e. The summed E-state index contributed by atoms with van der Waals surface area (Å²) in [6.45, 7) is 4.58. The number of hydrogen-bond donors (Lipinski definition) is 1. The number of rotatable bonds is 7. The fourth-order valence-corrected chi connectivity index (χ4v) is 3.68. The third-order valence-electron chi connectivity index (χ3n) is 4.23. The van der Waals surface area contributed by atoms with Crippen molar-refractivity contribution in [1.29, 1.82) is 0 Å². The van der Waals surface area contributed by atoms with E-state index in [1.165, 1.54) is 11.3 Å². The first-order chi connectivity index (χ1) is 12.7. The van der Waals surface area contributed by atoms with Gasteiger partial charge >= 0.3 is 0 Å². The van der Waals surface area contributed by atoms with Gasteiger partial charge in [-0.25, -0.2) is 4.98 Å². The molecule has 1 N–H and O–H groups in total. The summed E-state index contributed by atoms with van der Waals surface area (Å²) in [5.41, 5.74) is 1.33. The second-order valence-corrected chi connectivity index (χ2v) is 6.95. The molecule has 6 nitrogen and oxygen atoms in total. The molecule has 1 saturated heterocycles. The van der Waals surface area contributed by atoms with Crippen LogP contribution in [0.1, 0.15) is 36.7 Å². The van der Waals surface area contributed by atoms with Gasteiger partial charge in [0.25, 0.3) is 5.91 Å². The van der Waals surface area contributed by atoms with Crippen LogP contribution in [0.5, 0.6) is 5.75 Å². The van der Waals surface area contributed by atoms with Gasteiger partial charge in [-0.1, -0.05) is 0 Å². The van der Waals surface area contributed by atoms with Crippen molar-refractivity contribution in [3.63, 3.8) is 0 Å². The minimum absolute atomic E-state index is 0.108. The highest BCUT2D eigenvalue weighted by molar-refractivity contribution is 7.13. The third-order valence-corrected chi connectivity index (χ3v) is 5.12. The number of carbonyl (C=O) groups is 2. The number of amides is 2. The van der Waals surface area contributed by atoms with E-state index in [1.54, 1.807) is 5.38 Å². The number of nitrogens with zero attached hydrogens (tertiary/aromatic N) is 2. The van der Waals surface area contributed by atoms with Crippen LogP contribution in [0.15, 0.2) is 29.6 Å². The van der Waals surface area contributed by atoms with Crippen LogP contribution in [0.3, 0.4) is 0 Å². The normalized spacial score (nSPS) is 13.7.